The molecule has 1 fully saturated rings. The van der Waals surface area contributed by atoms with E-state index in [2.05, 4.69) is 17.1 Å². The van der Waals surface area contributed by atoms with Crippen LogP contribution in [0.5, 0.6) is 0 Å². The van der Waals surface area contributed by atoms with Gasteiger partial charge in [0.15, 0.2) is 0 Å². The number of hydrogen-bond donors (Lipinski definition) is 1. The number of hydrogen-bond acceptors (Lipinski definition) is 2. The largest absolute Gasteiger partial charge is 0.416 e. The van der Waals surface area contributed by atoms with Crippen molar-refractivity contribution in [2.45, 2.75) is 32.1 Å². The number of piperidine rings is 1. The van der Waals surface area contributed by atoms with Gasteiger partial charge in [-0.2, -0.15) is 13.2 Å². The van der Waals surface area contributed by atoms with Crippen molar-refractivity contribution in [3.05, 3.63) is 35.1 Å². The molecule has 2 atom stereocenters. The van der Waals surface area contributed by atoms with E-state index in [9.17, 15) is 17.6 Å². The summed E-state index contributed by atoms with van der Waals surface area (Å²) in [5, 5.41) is 3.19. The Morgan fingerprint density at radius 2 is 2.05 bits per heavy atom. The molecule has 1 aliphatic heterocycles. The van der Waals surface area contributed by atoms with E-state index in [0.29, 0.717) is 12.0 Å². The highest BCUT2D eigenvalue weighted by Crippen LogP contribution is 2.32. The van der Waals surface area contributed by atoms with Crippen molar-refractivity contribution >= 4 is 0 Å². The zero-order valence-corrected chi connectivity index (χ0v) is 12.2. The van der Waals surface area contributed by atoms with Crippen LogP contribution in [0.4, 0.5) is 17.6 Å². The molecule has 21 heavy (non-hydrogen) atoms. The van der Waals surface area contributed by atoms with Crippen LogP contribution in [0.1, 0.15) is 24.5 Å². The summed E-state index contributed by atoms with van der Waals surface area (Å²) in [6, 6.07) is 3.04. The Labute approximate surface area is 122 Å². The lowest BCUT2D eigenvalue weighted by atomic mass is 9.94. The third-order valence-electron chi connectivity index (χ3n) is 4.04. The molecule has 2 unspecified atom stereocenters. The minimum absolute atomic E-state index is 0.0926. The molecule has 2 rings (SSSR count). The highest BCUT2D eigenvalue weighted by molar-refractivity contribution is 5.30. The first-order valence-corrected chi connectivity index (χ1v) is 7.05. The smallest absolute Gasteiger partial charge is 0.310 e. The zero-order chi connectivity index (χ0) is 15.6. The van der Waals surface area contributed by atoms with Crippen molar-refractivity contribution in [1.82, 2.24) is 10.2 Å². The van der Waals surface area contributed by atoms with Crippen LogP contribution in [0.2, 0.25) is 0 Å². The number of halogens is 4. The molecule has 1 N–H and O–H groups in total. The Morgan fingerprint density at radius 1 is 1.33 bits per heavy atom. The first-order valence-electron chi connectivity index (χ1n) is 7.05. The van der Waals surface area contributed by atoms with Crippen LogP contribution in [0.3, 0.4) is 0 Å². The van der Waals surface area contributed by atoms with Crippen LogP contribution in [-0.2, 0) is 12.7 Å². The Bertz CT molecular complexity index is 487. The molecule has 0 aliphatic carbocycles. The lowest BCUT2D eigenvalue weighted by molar-refractivity contribution is -0.138. The van der Waals surface area contributed by atoms with Crippen LogP contribution >= 0.6 is 0 Å². The molecule has 6 heteroatoms. The summed E-state index contributed by atoms with van der Waals surface area (Å²) in [7, 11) is 2.04. The predicted octanol–water partition coefficient (Wildman–Crippen LogP) is 3.27. The Kier molecular flexibility index (Phi) is 4.88. The van der Waals surface area contributed by atoms with E-state index >= 15 is 0 Å². The fourth-order valence-electron chi connectivity index (χ4n) is 2.87. The molecular formula is C15H20F4N2. The molecular weight excluding hydrogens is 284 g/mol. The quantitative estimate of drug-likeness (QED) is 0.862. The minimum atomic E-state index is -4.53. The van der Waals surface area contributed by atoms with Gasteiger partial charge >= 0.3 is 6.18 Å². The van der Waals surface area contributed by atoms with Gasteiger partial charge in [-0.1, -0.05) is 13.0 Å². The fraction of sp³-hybridized carbons (Fsp3) is 0.600. The van der Waals surface area contributed by atoms with E-state index in [1.54, 1.807) is 0 Å². The third kappa shape index (κ3) is 4.17. The van der Waals surface area contributed by atoms with E-state index in [4.69, 9.17) is 0 Å². The van der Waals surface area contributed by atoms with Crippen LogP contribution in [0.25, 0.3) is 0 Å². The van der Waals surface area contributed by atoms with Crippen molar-refractivity contribution in [3.63, 3.8) is 0 Å². The monoisotopic (exact) mass is 304 g/mol. The lowest BCUT2D eigenvalue weighted by Gasteiger charge is -2.35. The second kappa shape index (κ2) is 6.32. The minimum Gasteiger partial charge on any atom is -0.310 e. The summed E-state index contributed by atoms with van der Waals surface area (Å²) < 4.78 is 51.8. The fourth-order valence-corrected chi connectivity index (χ4v) is 2.87. The number of rotatable bonds is 3. The van der Waals surface area contributed by atoms with Gasteiger partial charge in [0.2, 0.25) is 0 Å². The summed E-state index contributed by atoms with van der Waals surface area (Å²) in [4.78, 5) is 2.21. The molecule has 1 aliphatic rings. The maximum absolute atomic E-state index is 13.1. The topological polar surface area (TPSA) is 15.3 Å². The molecule has 0 amide bonds. The average molecular weight is 304 g/mol. The zero-order valence-electron chi connectivity index (χ0n) is 12.2. The highest BCUT2D eigenvalue weighted by Gasteiger charge is 2.34. The molecule has 1 aromatic rings. The molecule has 0 bridgehead atoms. The van der Waals surface area contributed by atoms with Gasteiger partial charge in [-0.05, 0) is 43.6 Å². The molecule has 1 heterocycles. The SMILES string of the molecule is CC1CN(C)CCC1NCc1ccc(F)cc1C(F)(F)F. The van der Waals surface area contributed by atoms with Crippen molar-refractivity contribution in [2.24, 2.45) is 5.92 Å². The van der Waals surface area contributed by atoms with Crippen molar-refractivity contribution in [1.29, 1.82) is 0 Å². The second-order valence-corrected chi connectivity index (χ2v) is 5.81. The van der Waals surface area contributed by atoms with Crippen molar-refractivity contribution in [2.75, 3.05) is 20.1 Å². The van der Waals surface area contributed by atoms with E-state index < -0.39 is 17.6 Å². The molecule has 118 valence electrons. The number of nitrogens with zero attached hydrogens (tertiary/aromatic N) is 1. The Balaban J connectivity index is 2.06. The van der Waals surface area contributed by atoms with Crippen molar-refractivity contribution in [3.8, 4) is 0 Å². The molecule has 1 saturated heterocycles. The highest BCUT2D eigenvalue weighted by atomic mass is 19.4. The predicted molar refractivity (Wildman–Crippen MR) is 73.3 cm³/mol. The van der Waals surface area contributed by atoms with Gasteiger partial charge in [0.25, 0.3) is 0 Å². The van der Waals surface area contributed by atoms with E-state index in [-0.39, 0.29) is 18.2 Å². The maximum Gasteiger partial charge on any atom is 0.416 e. The normalized spacial score (nSPS) is 24.3. The summed E-state index contributed by atoms with van der Waals surface area (Å²) in [5.74, 6) is -0.489. The first-order chi connectivity index (χ1) is 9.77. The van der Waals surface area contributed by atoms with Crippen LogP contribution in [0.15, 0.2) is 18.2 Å². The molecule has 0 saturated carbocycles. The molecule has 0 radical (unpaired) electrons. The van der Waals surface area contributed by atoms with E-state index in [0.717, 1.165) is 25.6 Å². The Hall–Kier alpha value is -1.14. The number of alkyl halides is 3. The van der Waals surface area contributed by atoms with E-state index in [1.165, 1.54) is 6.07 Å². The van der Waals surface area contributed by atoms with Crippen molar-refractivity contribution < 1.29 is 17.6 Å². The van der Waals surface area contributed by atoms with Crippen LogP contribution in [-0.4, -0.2) is 31.1 Å². The molecule has 1 aromatic carbocycles. The summed E-state index contributed by atoms with van der Waals surface area (Å²) in [6.07, 6.45) is -3.63. The summed E-state index contributed by atoms with van der Waals surface area (Å²) >= 11 is 0. The van der Waals surface area contributed by atoms with Gasteiger partial charge in [0.1, 0.15) is 5.82 Å². The second-order valence-electron chi connectivity index (χ2n) is 5.81. The maximum atomic E-state index is 13.1. The number of benzene rings is 1. The van der Waals surface area contributed by atoms with Crippen LogP contribution in [0, 0.1) is 11.7 Å². The molecule has 0 aromatic heterocycles. The van der Waals surface area contributed by atoms with Gasteiger partial charge in [-0.15, -0.1) is 0 Å². The average Bonchev–Trinajstić information content (AvgIpc) is 2.38. The lowest BCUT2D eigenvalue weighted by Crippen LogP contribution is -2.46. The molecule has 2 nitrogen and oxygen atoms in total. The van der Waals surface area contributed by atoms with Gasteiger partial charge in [-0.25, -0.2) is 4.39 Å². The first kappa shape index (κ1) is 16.2. The van der Waals surface area contributed by atoms with Gasteiger partial charge in [0.05, 0.1) is 5.56 Å². The van der Waals surface area contributed by atoms with Gasteiger partial charge < -0.3 is 10.2 Å². The van der Waals surface area contributed by atoms with Gasteiger partial charge in [0, 0.05) is 19.1 Å². The van der Waals surface area contributed by atoms with Crippen LogP contribution < -0.4 is 5.32 Å². The third-order valence-corrected chi connectivity index (χ3v) is 4.04. The van der Waals surface area contributed by atoms with E-state index in [1.807, 2.05) is 7.05 Å². The Morgan fingerprint density at radius 3 is 2.67 bits per heavy atom. The molecule has 0 spiro atoms. The standard InChI is InChI=1S/C15H20F4N2/c1-10-9-21(2)6-5-14(10)20-8-11-3-4-12(16)7-13(11)15(17,18)19/h3-4,7,10,14,20H,5-6,8-9H2,1-2H3. The number of likely N-dealkylation sites (tertiary alicyclic amines) is 1. The number of nitrogens with one attached hydrogen (secondary N) is 1. The summed E-state index contributed by atoms with van der Waals surface area (Å²) in [6.45, 7) is 4.04. The van der Waals surface area contributed by atoms with Gasteiger partial charge in [-0.3, -0.25) is 0 Å². The summed E-state index contributed by atoms with van der Waals surface area (Å²) in [5.41, 5.74) is -0.800.